The van der Waals surface area contributed by atoms with Crippen LogP contribution in [-0.2, 0) is 97.8 Å². The lowest BCUT2D eigenvalue weighted by molar-refractivity contribution is -0.120. The molecule has 0 bridgehead atoms. The van der Waals surface area contributed by atoms with Gasteiger partial charge in [-0.05, 0) is 185 Å². The van der Waals surface area contributed by atoms with Gasteiger partial charge in [0.05, 0.1) is 56.1 Å². The van der Waals surface area contributed by atoms with Crippen LogP contribution < -0.4 is 25.8 Å². The van der Waals surface area contributed by atoms with Gasteiger partial charge in [0.2, 0.25) is 0 Å². The molecule has 1 saturated carbocycles. The van der Waals surface area contributed by atoms with Crippen LogP contribution in [0.15, 0.2) is 152 Å². The molecule has 5 aliphatic rings. The van der Waals surface area contributed by atoms with Gasteiger partial charge in [0, 0.05) is 164 Å². The molecule has 8 heterocycles. The lowest BCUT2D eigenvalue weighted by atomic mass is 9.98. The first-order chi connectivity index (χ1) is 49.1. The number of amides is 3. The second kappa shape index (κ2) is 29.1. The minimum atomic E-state index is -0.0654. The average Bonchev–Trinajstić information content (AvgIpc) is 1.60. The van der Waals surface area contributed by atoms with Crippen molar-refractivity contribution in [3.63, 3.8) is 0 Å². The smallest absolute Gasteiger partial charge is 0.258 e. The Hall–Kier alpha value is -11.3. The molecule has 518 valence electrons. The van der Waals surface area contributed by atoms with Gasteiger partial charge in [0.25, 0.3) is 17.7 Å². The number of benzene rings is 7. The number of aryl methyl sites for hydroxylation is 12. The van der Waals surface area contributed by atoms with Crippen molar-refractivity contribution in [2.75, 3.05) is 20.0 Å². The number of carbonyl (C=O) groups excluding carboxylic acids is 4. The summed E-state index contributed by atoms with van der Waals surface area (Å²) in [6.07, 6.45) is 14.3. The highest BCUT2D eigenvalue weighted by Gasteiger charge is 2.32. The van der Waals surface area contributed by atoms with Gasteiger partial charge in [-0.1, -0.05) is 82.9 Å². The van der Waals surface area contributed by atoms with Crippen LogP contribution in [0.2, 0.25) is 0 Å². The molecule has 4 aromatic heterocycles. The molecular weight excluding hydrogens is 1270 g/mol. The van der Waals surface area contributed by atoms with Gasteiger partial charge >= 0.3 is 0 Å². The highest BCUT2D eigenvalue weighted by Crippen LogP contribution is 2.38. The molecule has 11 aromatic rings. The highest BCUT2D eigenvalue weighted by atomic mass is 16.2. The SMILES string of the molecule is Cc1ccc2c(c1)Cc1c(cnn1C)CN2.Cc1ccc2c(c1)Cc1c(cnn1C)CN2C(=O)c1ccc(C#N)c(C)c1.Cc1ccc2c(c1)Cc1c(cnn1C)CN2C(=O)c1ccc(CCC(=O)C2CC2)c(C)c1.Cc1ccc2c(c1)Cc1c(cnn1C)CN2C(=O)c1ccc(CN)c(C)c1. The van der Waals surface area contributed by atoms with Gasteiger partial charge in [-0.15, -0.1) is 0 Å². The lowest BCUT2D eigenvalue weighted by Gasteiger charge is -2.24. The fourth-order valence-corrected chi connectivity index (χ4v) is 14.5. The number of aromatic nitrogens is 8. The Balaban J connectivity index is 0.000000124. The van der Waals surface area contributed by atoms with Crippen LogP contribution >= 0.6 is 0 Å². The Bertz CT molecular complexity index is 5150. The number of hydrogen-bond donors (Lipinski definition) is 2. The molecule has 7 aromatic carbocycles. The van der Waals surface area contributed by atoms with Gasteiger partial charge < -0.3 is 25.8 Å². The van der Waals surface area contributed by atoms with E-state index in [1.54, 1.807) is 18.2 Å². The van der Waals surface area contributed by atoms with Crippen molar-refractivity contribution >= 4 is 46.3 Å². The normalized spacial score (nSPS) is 13.7. The number of nitrogens with two attached hydrogens (primary N) is 1. The first-order valence-corrected chi connectivity index (χ1v) is 35.1. The van der Waals surface area contributed by atoms with E-state index in [4.69, 9.17) is 11.0 Å². The largest absolute Gasteiger partial charge is 0.381 e. The molecule has 1 fully saturated rings. The van der Waals surface area contributed by atoms with Gasteiger partial charge in [0.1, 0.15) is 5.78 Å². The number of rotatable bonds is 8. The number of fused-ring (bicyclic) bond motifs is 8. The van der Waals surface area contributed by atoms with E-state index >= 15 is 0 Å². The first kappa shape index (κ1) is 69.2. The average molecular weight is 1360 g/mol. The minimum absolute atomic E-state index is 0.00322. The third-order valence-corrected chi connectivity index (χ3v) is 20.7. The highest BCUT2D eigenvalue weighted by molar-refractivity contribution is 6.08. The predicted octanol–water partition coefficient (Wildman–Crippen LogP) is 13.9. The molecule has 16 rings (SSSR count). The molecule has 3 amide bonds. The van der Waals surface area contributed by atoms with E-state index < -0.39 is 0 Å². The summed E-state index contributed by atoms with van der Waals surface area (Å²) < 4.78 is 7.70. The summed E-state index contributed by atoms with van der Waals surface area (Å²) in [5.74, 6) is 0.622. The summed E-state index contributed by atoms with van der Waals surface area (Å²) in [7, 11) is 7.87. The molecular formula is C84H88N14O4. The minimum Gasteiger partial charge on any atom is -0.381 e. The summed E-state index contributed by atoms with van der Waals surface area (Å²) >= 11 is 0. The Morgan fingerprint density at radius 1 is 0.451 bits per heavy atom. The molecule has 0 saturated heterocycles. The summed E-state index contributed by atoms with van der Waals surface area (Å²) in [6.45, 7) is 17.1. The fourth-order valence-electron chi connectivity index (χ4n) is 14.5. The second-order valence-electron chi connectivity index (χ2n) is 28.1. The second-order valence-corrected chi connectivity index (χ2v) is 28.1. The molecule has 18 heteroatoms. The number of Topliss-reactive ketones (excluding diaryl/α,β-unsaturated/α-hetero) is 1. The van der Waals surface area contributed by atoms with Crippen LogP contribution in [-0.4, -0.2) is 62.6 Å². The number of carbonyl (C=O) groups is 4. The molecule has 18 nitrogen and oxygen atoms in total. The zero-order valence-electron chi connectivity index (χ0n) is 60.3. The van der Waals surface area contributed by atoms with Gasteiger partial charge in [0.15, 0.2) is 0 Å². The van der Waals surface area contributed by atoms with E-state index in [1.165, 1.54) is 44.8 Å². The number of ketones is 1. The van der Waals surface area contributed by atoms with E-state index in [2.05, 4.69) is 120 Å². The van der Waals surface area contributed by atoms with Crippen molar-refractivity contribution in [2.45, 2.75) is 133 Å². The fraction of sp³-hybridized carbons (Fsp3) is 0.298. The van der Waals surface area contributed by atoms with E-state index in [0.29, 0.717) is 66.6 Å². The molecule has 4 aliphatic heterocycles. The van der Waals surface area contributed by atoms with Gasteiger partial charge in [-0.3, -0.25) is 37.9 Å². The summed E-state index contributed by atoms with van der Waals surface area (Å²) in [6, 6.07) is 44.4. The van der Waals surface area contributed by atoms with E-state index in [-0.39, 0.29) is 17.7 Å². The van der Waals surface area contributed by atoms with Crippen molar-refractivity contribution in [1.29, 1.82) is 5.26 Å². The number of nitrogens with one attached hydrogen (secondary N) is 1. The summed E-state index contributed by atoms with van der Waals surface area (Å²) in [5.41, 5.74) is 36.5. The third kappa shape index (κ3) is 14.5. The molecule has 0 unspecified atom stereocenters. The van der Waals surface area contributed by atoms with Crippen LogP contribution in [0.5, 0.6) is 0 Å². The maximum Gasteiger partial charge on any atom is 0.258 e. The van der Waals surface area contributed by atoms with Crippen LogP contribution in [0.4, 0.5) is 22.7 Å². The summed E-state index contributed by atoms with van der Waals surface area (Å²) in [5, 5.41) is 30.1. The van der Waals surface area contributed by atoms with Crippen molar-refractivity contribution < 1.29 is 19.2 Å². The van der Waals surface area contributed by atoms with Gasteiger partial charge in [-0.2, -0.15) is 25.7 Å². The summed E-state index contributed by atoms with van der Waals surface area (Å²) in [4.78, 5) is 58.2. The Morgan fingerprint density at radius 2 is 0.824 bits per heavy atom. The standard InChI is InChI=1S/C27H29N3O2.C22H24N4O.C22H20N4O.C13H15N3/c1-17-4-10-24-22(12-17)14-25-23(15-28-29(25)3)16-30(24)27(32)21-8-5-19(18(2)13-21)9-11-26(31)20-6-7-20;2*1-14-4-7-20-18(8-14)10-21-19(12-24-25(21)3)13-26(20)22(27)16-5-6-17(11-23)15(2)9-16;1-9-3-4-12-10(5-9)6-13-11(7-14-12)8-15-16(13)2/h4-5,8,10,12-13,15,20H,6-7,9,11,14,16H2,1-3H3;4-9,12H,10-11,13,23H2,1-3H3;4-9,12H,10,13H2,1-3H3;3-5,8,14H,6-7H2,1-2H3. The Kier molecular flexibility index (Phi) is 19.8. The maximum absolute atomic E-state index is 13.7. The van der Waals surface area contributed by atoms with Crippen molar-refractivity contribution in [3.8, 4) is 6.07 Å². The molecule has 0 radical (unpaired) electrons. The van der Waals surface area contributed by atoms with Crippen LogP contribution in [0.25, 0.3) is 0 Å². The molecule has 0 atom stereocenters. The van der Waals surface area contributed by atoms with Crippen LogP contribution in [0.3, 0.4) is 0 Å². The van der Waals surface area contributed by atoms with Crippen LogP contribution in [0.1, 0.15) is 173 Å². The van der Waals surface area contributed by atoms with E-state index in [9.17, 15) is 19.2 Å². The zero-order chi connectivity index (χ0) is 71.8. The quantitative estimate of drug-likeness (QED) is 0.146. The number of hydrogen-bond acceptors (Lipinski definition) is 11. The molecule has 102 heavy (non-hydrogen) atoms. The molecule has 0 spiro atoms. The number of nitrogens with zero attached hydrogens (tertiary/aromatic N) is 12. The number of nitriles is 1. The lowest BCUT2D eigenvalue weighted by Crippen LogP contribution is -2.30. The zero-order valence-corrected chi connectivity index (χ0v) is 60.3. The Morgan fingerprint density at radius 3 is 1.23 bits per heavy atom. The van der Waals surface area contributed by atoms with Gasteiger partial charge in [-0.25, -0.2) is 0 Å². The van der Waals surface area contributed by atoms with Crippen molar-refractivity contribution in [1.82, 2.24) is 39.1 Å². The van der Waals surface area contributed by atoms with E-state index in [1.807, 2.05) is 156 Å². The monoisotopic (exact) mass is 1360 g/mol. The third-order valence-electron chi connectivity index (χ3n) is 20.7. The first-order valence-electron chi connectivity index (χ1n) is 35.1. The van der Waals surface area contributed by atoms with Crippen LogP contribution in [0, 0.1) is 65.7 Å². The topological polar surface area (TPSA) is 211 Å². The Labute approximate surface area is 597 Å². The van der Waals surface area contributed by atoms with Crippen molar-refractivity contribution in [2.24, 2.45) is 39.8 Å². The molecule has 1 aliphatic carbocycles. The molecule has 3 N–H and O–H groups in total. The van der Waals surface area contributed by atoms with Crippen molar-refractivity contribution in [3.05, 3.63) is 292 Å². The predicted molar refractivity (Wildman–Crippen MR) is 400 cm³/mol. The van der Waals surface area contributed by atoms with E-state index in [0.717, 1.165) is 147 Å². The number of anilines is 4. The maximum atomic E-state index is 13.7.